The van der Waals surface area contributed by atoms with E-state index >= 15 is 0 Å². The number of urea groups is 1. The second-order valence-electron chi connectivity index (χ2n) is 5.97. The van der Waals surface area contributed by atoms with E-state index in [0.717, 1.165) is 25.7 Å². The number of carbonyl (C=O) groups is 2. The van der Waals surface area contributed by atoms with Crippen molar-refractivity contribution in [2.75, 3.05) is 18.6 Å². The van der Waals surface area contributed by atoms with Crippen molar-refractivity contribution in [3.05, 3.63) is 0 Å². The fourth-order valence-electron chi connectivity index (χ4n) is 3.53. The van der Waals surface area contributed by atoms with Gasteiger partial charge >= 0.3 is 12.0 Å². The summed E-state index contributed by atoms with van der Waals surface area (Å²) in [6.45, 7) is 0.443. The van der Waals surface area contributed by atoms with Gasteiger partial charge in [0.05, 0.1) is 0 Å². The Balaban J connectivity index is 1.95. The Bertz CT molecular complexity index is 429. The maximum absolute atomic E-state index is 12.3. The molecule has 0 aromatic rings. The zero-order chi connectivity index (χ0) is 15.4. The number of fused-ring (bicyclic) bond motifs is 1. The zero-order valence-electron chi connectivity index (χ0n) is 12.4. The summed E-state index contributed by atoms with van der Waals surface area (Å²) in [6.07, 6.45) is 6.97. The van der Waals surface area contributed by atoms with Crippen LogP contribution in [0.3, 0.4) is 0 Å². The van der Waals surface area contributed by atoms with Crippen LogP contribution in [0.5, 0.6) is 0 Å². The van der Waals surface area contributed by atoms with Crippen LogP contribution in [-0.4, -0.2) is 56.9 Å². The first kappa shape index (κ1) is 16.3. The molecule has 0 spiro atoms. The van der Waals surface area contributed by atoms with Gasteiger partial charge in [-0.05, 0) is 31.6 Å². The minimum atomic E-state index is -0.908. The van der Waals surface area contributed by atoms with Gasteiger partial charge in [-0.2, -0.15) is 0 Å². The number of hydrogen-bond donors (Lipinski definition) is 2. The van der Waals surface area contributed by atoms with E-state index in [2.05, 4.69) is 5.32 Å². The lowest BCUT2D eigenvalue weighted by Crippen LogP contribution is -2.50. The Labute approximate surface area is 127 Å². The van der Waals surface area contributed by atoms with Crippen LogP contribution in [0.25, 0.3) is 0 Å². The van der Waals surface area contributed by atoms with Crippen molar-refractivity contribution in [3.8, 4) is 0 Å². The maximum atomic E-state index is 12.3. The lowest BCUT2D eigenvalue weighted by Gasteiger charge is -2.32. The molecule has 21 heavy (non-hydrogen) atoms. The Hall–Kier alpha value is -1.11. The van der Waals surface area contributed by atoms with Gasteiger partial charge in [0, 0.05) is 35.4 Å². The Kier molecular flexibility index (Phi) is 5.61. The van der Waals surface area contributed by atoms with Crippen LogP contribution >= 0.6 is 0 Å². The van der Waals surface area contributed by atoms with Crippen molar-refractivity contribution in [1.82, 2.24) is 10.2 Å². The molecule has 2 aliphatic rings. The number of aliphatic carboxylic acids is 1. The van der Waals surface area contributed by atoms with Crippen LogP contribution in [-0.2, 0) is 15.6 Å². The van der Waals surface area contributed by atoms with Crippen molar-refractivity contribution in [2.24, 2.45) is 5.92 Å². The van der Waals surface area contributed by atoms with Gasteiger partial charge in [0.25, 0.3) is 0 Å². The highest BCUT2D eigenvalue weighted by molar-refractivity contribution is 7.84. The summed E-state index contributed by atoms with van der Waals surface area (Å²) in [5, 5.41) is 12.1. The van der Waals surface area contributed by atoms with E-state index in [0.29, 0.717) is 31.1 Å². The third kappa shape index (κ3) is 3.96. The zero-order valence-corrected chi connectivity index (χ0v) is 13.2. The van der Waals surface area contributed by atoms with Gasteiger partial charge in [0.2, 0.25) is 0 Å². The minimum absolute atomic E-state index is 0.0696. The fraction of sp³-hybridized carbons (Fsp3) is 0.857. The third-order valence-corrected chi connectivity index (χ3v) is 5.36. The lowest BCUT2D eigenvalue weighted by atomic mass is 9.85. The van der Waals surface area contributed by atoms with E-state index in [-0.39, 0.29) is 12.1 Å². The number of likely N-dealkylation sites (tertiary alicyclic amines) is 1. The summed E-state index contributed by atoms with van der Waals surface area (Å²) in [4.78, 5) is 25.3. The van der Waals surface area contributed by atoms with Crippen molar-refractivity contribution in [2.45, 2.75) is 50.6 Å². The summed E-state index contributed by atoms with van der Waals surface area (Å²) in [6, 6.07) is -0.905. The van der Waals surface area contributed by atoms with Gasteiger partial charge in [0.15, 0.2) is 0 Å². The molecular formula is C14H24N2O4S. The molecule has 4 unspecified atom stereocenters. The minimum Gasteiger partial charge on any atom is -0.480 e. The predicted octanol–water partition coefficient (Wildman–Crippen LogP) is 1.18. The van der Waals surface area contributed by atoms with Crippen LogP contribution in [0.1, 0.15) is 38.5 Å². The monoisotopic (exact) mass is 316 g/mol. The van der Waals surface area contributed by atoms with E-state index in [1.807, 2.05) is 0 Å². The highest BCUT2D eigenvalue weighted by Crippen LogP contribution is 2.39. The number of amides is 2. The standard InChI is InChI=1S/C14H24N2O4S/c1-21(20)8-4-7-15-14(19)16-11-6-3-2-5-10(11)9-12(16)13(17)18/h10-12H,2-9H2,1H3,(H,15,19)(H,17,18). The van der Waals surface area contributed by atoms with Gasteiger partial charge in [-0.25, -0.2) is 9.59 Å². The SMILES string of the molecule is CS(=O)CCCNC(=O)N1C(C(=O)O)CC2CCCCC21. The fourth-order valence-corrected chi connectivity index (χ4v) is 4.09. The average molecular weight is 316 g/mol. The Morgan fingerprint density at radius 3 is 2.71 bits per heavy atom. The normalized spacial score (nSPS) is 29.8. The Morgan fingerprint density at radius 1 is 1.33 bits per heavy atom. The molecule has 0 bridgehead atoms. The van der Waals surface area contributed by atoms with Crippen molar-refractivity contribution >= 4 is 22.8 Å². The molecule has 2 N–H and O–H groups in total. The van der Waals surface area contributed by atoms with Crippen LogP contribution in [0, 0.1) is 5.92 Å². The Morgan fingerprint density at radius 2 is 2.05 bits per heavy atom. The van der Waals surface area contributed by atoms with E-state index < -0.39 is 22.8 Å². The first-order chi connectivity index (χ1) is 10.0. The van der Waals surface area contributed by atoms with Crippen LogP contribution in [0.4, 0.5) is 4.79 Å². The molecule has 1 saturated heterocycles. The van der Waals surface area contributed by atoms with E-state index in [9.17, 15) is 18.9 Å². The molecule has 1 saturated carbocycles. The first-order valence-corrected chi connectivity index (χ1v) is 9.32. The van der Waals surface area contributed by atoms with E-state index in [1.165, 1.54) is 0 Å². The number of carbonyl (C=O) groups excluding carboxylic acids is 1. The molecule has 0 aromatic carbocycles. The molecule has 1 aliphatic heterocycles. The molecule has 0 radical (unpaired) electrons. The highest BCUT2D eigenvalue weighted by atomic mass is 32.2. The smallest absolute Gasteiger partial charge is 0.326 e. The lowest BCUT2D eigenvalue weighted by molar-refractivity contribution is -0.141. The summed E-state index contributed by atoms with van der Waals surface area (Å²) in [5.74, 6) is -0.0303. The summed E-state index contributed by atoms with van der Waals surface area (Å²) >= 11 is 0. The number of hydrogen-bond acceptors (Lipinski definition) is 3. The number of carboxylic acid groups (broad SMARTS) is 1. The molecule has 1 heterocycles. The third-order valence-electron chi connectivity index (χ3n) is 4.49. The predicted molar refractivity (Wildman–Crippen MR) is 80.6 cm³/mol. The summed E-state index contributed by atoms with van der Waals surface area (Å²) in [7, 11) is -0.862. The number of nitrogens with zero attached hydrogens (tertiary/aromatic N) is 1. The van der Waals surface area contributed by atoms with E-state index in [4.69, 9.17) is 0 Å². The molecule has 7 heteroatoms. The van der Waals surface area contributed by atoms with E-state index in [1.54, 1.807) is 11.2 Å². The molecule has 2 amide bonds. The topological polar surface area (TPSA) is 86.7 Å². The van der Waals surface area contributed by atoms with Crippen molar-refractivity contribution in [1.29, 1.82) is 0 Å². The quantitative estimate of drug-likeness (QED) is 0.746. The van der Waals surface area contributed by atoms with Gasteiger partial charge in [0.1, 0.15) is 6.04 Å². The first-order valence-electron chi connectivity index (χ1n) is 7.59. The number of carboxylic acids is 1. The van der Waals surface area contributed by atoms with Gasteiger partial charge in [-0.1, -0.05) is 12.8 Å². The van der Waals surface area contributed by atoms with Crippen LogP contribution in [0.15, 0.2) is 0 Å². The molecule has 6 nitrogen and oxygen atoms in total. The second-order valence-corrected chi connectivity index (χ2v) is 7.53. The van der Waals surface area contributed by atoms with Crippen molar-refractivity contribution in [3.63, 3.8) is 0 Å². The molecule has 2 rings (SSSR count). The van der Waals surface area contributed by atoms with Crippen LogP contribution in [0.2, 0.25) is 0 Å². The molecule has 120 valence electrons. The van der Waals surface area contributed by atoms with Gasteiger partial charge < -0.3 is 15.3 Å². The molecule has 4 atom stereocenters. The van der Waals surface area contributed by atoms with Gasteiger partial charge in [-0.3, -0.25) is 4.21 Å². The summed E-state index contributed by atoms with van der Waals surface area (Å²) < 4.78 is 11.0. The number of rotatable bonds is 5. The summed E-state index contributed by atoms with van der Waals surface area (Å²) in [5.41, 5.74) is 0. The maximum Gasteiger partial charge on any atom is 0.326 e. The second kappa shape index (κ2) is 7.24. The molecule has 2 fully saturated rings. The van der Waals surface area contributed by atoms with Gasteiger partial charge in [-0.15, -0.1) is 0 Å². The van der Waals surface area contributed by atoms with Crippen molar-refractivity contribution < 1.29 is 18.9 Å². The molecule has 1 aliphatic carbocycles. The molecular weight excluding hydrogens is 292 g/mol. The highest BCUT2D eigenvalue weighted by Gasteiger charge is 2.47. The number of nitrogens with one attached hydrogen (secondary N) is 1. The molecule has 0 aromatic heterocycles. The van der Waals surface area contributed by atoms with Crippen LogP contribution < -0.4 is 5.32 Å². The average Bonchev–Trinajstić information content (AvgIpc) is 2.83. The largest absolute Gasteiger partial charge is 0.480 e.